The van der Waals surface area contributed by atoms with Crippen molar-refractivity contribution in [3.63, 3.8) is 0 Å². The first-order valence-electron chi connectivity index (χ1n) is 6.65. The Morgan fingerprint density at radius 3 is 3.00 bits per heavy atom. The molecule has 5 nitrogen and oxygen atoms in total. The van der Waals surface area contributed by atoms with Gasteiger partial charge >= 0.3 is 0 Å². The van der Waals surface area contributed by atoms with Gasteiger partial charge in [-0.15, -0.1) is 0 Å². The number of hydrogen-bond acceptors (Lipinski definition) is 5. The van der Waals surface area contributed by atoms with Crippen LogP contribution in [0.4, 0.5) is 6.01 Å². The molecule has 1 aromatic heterocycles. The van der Waals surface area contributed by atoms with Gasteiger partial charge in [-0.3, -0.25) is 0 Å². The van der Waals surface area contributed by atoms with Crippen molar-refractivity contribution in [3.05, 3.63) is 34.9 Å². The molecule has 0 spiro atoms. The predicted octanol–water partition coefficient (Wildman–Crippen LogP) is 3.22. The molecule has 1 unspecified atom stereocenters. The molecular formula is C15H19ClN2O3. The lowest BCUT2D eigenvalue weighted by atomic mass is 10.1. The van der Waals surface area contributed by atoms with E-state index in [1.807, 2.05) is 24.9 Å². The van der Waals surface area contributed by atoms with Crippen LogP contribution in [0.5, 0.6) is 0 Å². The molecule has 0 aliphatic carbocycles. The molecule has 0 fully saturated rings. The van der Waals surface area contributed by atoms with Crippen LogP contribution < -0.4 is 4.90 Å². The predicted molar refractivity (Wildman–Crippen MR) is 83.7 cm³/mol. The Bertz CT molecular complexity index is 639. The average Bonchev–Trinajstić information content (AvgIpc) is 2.89. The summed E-state index contributed by atoms with van der Waals surface area (Å²) in [5.41, 5.74) is 2.45. The number of likely N-dealkylation sites (N-methyl/N-ethyl adjacent to an activating group) is 1. The highest BCUT2D eigenvalue weighted by molar-refractivity contribution is 6.31. The number of rotatable bonds is 6. The van der Waals surface area contributed by atoms with Gasteiger partial charge in [-0.05, 0) is 25.1 Å². The van der Waals surface area contributed by atoms with Crippen LogP contribution in [0.15, 0.2) is 34.3 Å². The fourth-order valence-electron chi connectivity index (χ4n) is 2.01. The standard InChI is InChI=1S/C15H19ClN2O3/c1-4-10(7-14(19)20-3)9-18(2)15-17-12-8-11(16)5-6-13(12)21-15/h4-6,8,14,19H,7,9H2,1-3H3/b10-4+. The summed E-state index contributed by atoms with van der Waals surface area (Å²) in [6, 6.07) is 5.85. The smallest absolute Gasteiger partial charge is 0.298 e. The summed E-state index contributed by atoms with van der Waals surface area (Å²) in [6.45, 7) is 2.52. The van der Waals surface area contributed by atoms with Crippen LogP contribution in [0.25, 0.3) is 11.1 Å². The third-order valence-corrected chi connectivity index (χ3v) is 3.46. The van der Waals surface area contributed by atoms with Crippen molar-refractivity contribution in [2.75, 3.05) is 25.6 Å². The molecule has 0 saturated carbocycles. The summed E-state index contributed by atoms with van der Waals surface area (Å²) < 4.78 is 10.6. The molecule has 0 saturated heterocycles. The van der Waals surface area contributed by atoms with E-state index >= 15 is 0 Å². The van der Waals surface area contributed by atoms with Crippen molar-refractivity contribution in [2.24, 2.45) is 0 Å². The first-order chi connectivity index (χ1) is 10.0. The Hall–Kier alpha value is -1.56. The summed E-state index contributed by atoms with van der Waals surface area (Å²) in [4.78, 5) is 6.29. The molecule has 2 rings (SSSR count). The number of methoxy groups -OCH3 is 1. The zero-order valence-electron chi connectivity index (χ0n) is 12.3. The number of aromatic nitrogens is 1. The Labute approximate surface area is 128 Å². The summed E-state index contributed by atoms with van der Waals surface area (Å²) in [5.74, 6) is 0. The van der Waals surface area contributed by atoms with E-state index in [0.29, 0.717) is 29.6 Å². The number of allylic oxidation sites excluding steroid dienone is 1. The second-order valence-electron chi connectivity index (χ2n) is 4.81. The van der Waals surface area contributed by atoms with Gasteiger partial charge in [-0.2, -0.15) is 4.98 Å². The van der Waals surface area contributed by atoms with Gasteiger partial charge in [0.2, 0.25) is 0 Å². The van der Waals surface area contributed by atoms with Gasteiger partial charge in [0.25, 0.3) is 6.01 Å². The Kier molecular flexibility index (Phi) is 5.22. The number of nitrogens with zero attached hydrogens (tertiary/aromatic N) is 2. The molecule has 6 heteroatoms. The molecular weight excluding hydrogens is 292 g/mol. The number of ether oxygens (including phenoxy) is 1. The molecule has 1 heterocycles. The lowest BCUT2D eigenvalue weighted by Gasteiger charge is -2.18. The lowest BCUT2D eigenvalue weighted by molar-refractivity contribution is -0.0721. The van der Waals surface area contributed by atoms with Gasteiger partial charge in [0.05, 0.1) is 0 Å². The van der Waals surface area contributed by atoms with Crippen LogP contribution in [0.3, 0.4) is 0 Å². The Morgan fingerprint density at radius 2 is 2.33 bits per heavy atom. The van der Waals surface area contributed by atoms with E-state index in [2.05, 4.69) is 4.98 Å². The number of aliphatic hydroxyl groups is 1. The van der Waals surface area contributed by atoms with Gasteiger partial charge in [-0.1, -0.05) is 23.3 Å². The number of anilines is 1. The van der Waals surface area contributed by atoms with Crippen LogP contribution in [-0.4, -0.2) is 37.1 Å². The van der Waals surface area contributed by atoms with Crippen molar-refractivity contribution in [1.82, 2.24) is 4.98 Å². The highest BCUT2D eigenvalue weighted by Gasteiger charge is 2.14. The zero-order valence-corrected chi connectivity index (χ0v) is 13.1. The first-order valence-corrected chi connectivity index (χ1v) is 7.03. The maximum absolute atomic E-state index is 9.55. The Morgan fingerprint density at radius 1 is 1.57 bits per heavy atom. The van der Waals surface area contributed by atoms with E-state index in [9.17, 15) is 5.11 Å². The van der Waals surface area contributed by atoms with E-state index < -0.39 is 6.29 Å². The van der Waals surface area contributed by atoms with Gasteiger partial charge in [-0.25, -0.2) is 0 Å². The molecule has 1 aromatic carbocycles. The van der Waals surface area contributed by atoms with E-state index in [4.69, 9.17) is 20.8 Å². The van der Waals surface area contributed by atoms with Crippen LogP contribution in [0.1, 0.15) is 13.3 Å². The van der Waals surface area contributed by atoms with Crippen LogP contribution in [-0.2, 0) is 4.74 Å². The molecule has 21 heavy (non-hydrogen) atoms. The van der Waals surface area contributed by atoms with Gasteiger partial charge < -0.3 is 19.2 Å². The number of hydrogen-bond donors (Lipinski definition) is 1. The third-order valence-electron chi connectivity index (χ3n) is 3.22. The molecule has 0 bridgehead atoms. The second kappa shape index (κ2) is 6.93. The fourth-order valence-corrected chi connectivity index (χ4v) is 2.17. The van der Waals surface area contributed by atoms with E-state index in [-0.39, 0.29) is 0 Å². The van der Waals surface area contributed by atoms with Crippen molar-refractivity contribution in [3.8, 4) is 0 Å². The lowest BCUT2D eigenvalue weighted by Crippen LogP contribution is -2.23. The summed E-state index contributed by atoms with van der Waals surface area (Å²) in [6.07, 6.45) is 1.61. The van der Waals surface area contributed by atoms with E-state index in [0.717, 1.165) is 11.1 Å². The maximum Gasteiger partial charge on any atom is 0.298 e. The number of aliphatic hydroxyl groups excluding tert-OH is 1. The molecule has 1 N–H and O–H groups in total. The highest BCUT2D eigenvalue weighted by Crippen LogP contribution is 2.24. The summed E-state index contributed by atoms with van der Waals surface area (Å²) >= 11 is 5.94. The molecule has 1 atom stereocenters. The largest absolute Gasteiger partial charge is 0.423 e. The number of fused-ring (bicyclic) bond motifs is 1. The van der Waals surface area contributed by atoms with Crippen LogP contribution in [0.2, 0.25) is 5.02 Å². The normalized spacial score (nSPS) is 13.7. The van der Waals surface area contributed by atoms with Gasteiger partial charge in [0, 0.05) is 32.1 Å². The summed E-state index contributed by atoms with van der Waals surface area (Å²) in [7, 11) is 3.36. The SMILES string of the molecule is C/C=C(\CC(O)OC)CN(C)c1nc2cc(Cl)ccc2o1. The van der Waals surface area contributed by atoms with Crippen molar-refractivity contribution in [1.29, 1.82) is 0 Å². The first kappa shape index (κ1) is 15.8. The molecule has 0 amide bonds. The number of benzene rings is 1. The van der Waals surface area contributed by atoms with Gasteiger partial charge in [0.15, 0.2) is 11.9 Å². The maximum atomic E-state index is 9.55. The van der Waals surface area contributed by atoms with E-state index in [1.165, 1.54) is 7.11 Å². The topological polar surface area (TPSA) is 58.7 Å². The molecule has 114 valence electrons. The second-order valence-corrected chi connectivity index (χ2v) is 5.24. The quantitative estimate of drug-likeness (QED) is 0.656. The molecule has 0 aliphatic heterocycles. The average molecular weight is 311 g/mol. The Balaban J connectivity index is 2.12. The minimum atomic E-state index is -0.799. The fraction of sp³-hybridized carbons (Fsp3) is 0.400. The van der Waals surface area contributed by atoms with E-state index in [1.54, 1.807) is 18.2 Å². The zero-order chi connectivity index (χ0) is 15.4. The molecule has 0 aliphatic rings. The number of halogens is 1. The third kappa shape index (κ3) is 3.97. The minimum Gasteiger partial charge on any atom is -0.423 e. The van der Waals surface area contributed by atoms with Gasteiger partial charge in [0.1, 0.15) is 5.52 Å². The summed E-state index contributed by atoms with van der Waals surface area (Å²) in [5, 5.41) is 10.2. The van der Waals surface area contributed by atoms with Crippen molar-refractivity contribution >= 4 is 28.7 Å². The van der Waals surface area contributed by atoms with Crippen molar-refractivity contribution < 1.29 is 14.3 Å². The molecule has 2 aromatic rings. The highest BCUT2D eigenvalue weighted by atomic mass is 35.5. The monoisotopic (exact) mass is 310 g/mol. The van der Waals surface area contributed by atoms with Crippen LogP contribution >= 0.6 is 11.6 Å². The van der Waals surface area contributed by atoms with Crippen LogP contribution in [0, 0.1) is 0 Å². The van der Waals surface area contributed by atoms with Crippen molar-refractivity contribution in [2.45, 2.75) is 19.6 Å². The number of oxazole rings is 1. The molecule has 0 radical (unpaired) electrons. The minimum absolute atomic E-state index is 0.448.